The van der Waals surface area contributed by atoms with Gasteiger partial charge >= 0.3 is 0 Å². The van der Waals surface area contributed by atoms with Gasteiger partial charge in [0.15, 0.2) is 11.6 Å². The third kappa shape index (κ3) is 2.47. The molecule has 2 fully saturated rings. The quantitative estimate of drug-likeness (QED) is 0.858. The van der Waals surface area contributed by atoms with Gasteiger partial charge in [-0.1, -0.05) is 6.92 Å². The minimum atomic E-state index is 0.138. The molecule has 0 aromatic carbocycles. The van der Waals surface area contributed by atoms with E-state index in [1.54, 1.807) is 6.20 Å². The molecule has 0 spiro atoms. The molecular formula is C15H23N3O2. The topological polar surface area (TPSA) is 69.4 Å². The van der Waals surface area contributed by atoms with Crippen molar-refractivity contribution in [2.45, 2.75) is 44.4 Å². The second-order valence-corrected chi connectivity index (χ2v) is 5.59. The molecule has 0 bridgehead atoms. The van der Waals surface area contributed by atoms with Gasteiger partial charge in [0, 0.05) is 24.8 Å². The Morgan fingerprint density at radius 3 is 3.30 bits per heavy atom. The first-order chi connectivity index (χ1) is 9.81. The van der Waals surface area contributed by atoms with E-state index in [0.717, 1.165) is 31.0 Å². The number of fused-ring (bicyclic) bond motifs is 1. The van der Waals surface area contributed by atoms with E-state index in [4.69, 9.17) is 15.2 Å². The first-order valence-electron chi connectivity index (χ1n) is 7.53. The summed E-state index contributed by atoms with van der Waals surface area (Å²) in [7, 11) is 0. The fourth-order valence-corrected chi connectivity index (χ4v) is 3.11. The Labute approximate surface area is 119 Å². The highest BCUT2D eigenvalue weighted by Crippen LogP contribution is 2.39. The summed E-state index contributed by atoms with van der Waals surface area (Å²) in [5.41, 5.74) is 6.26. The van der Waals surface area contributed by atoms with Crippen LogP contribution >= 0.6 is 0 Å². The number of rotatable bonds is 5. The molecule has 110 valence electrons. The Balaban J connectivity index is 1.68. The Kier molecular flexibility index (Phi) is 4.08. The number of nitrogens with two attached hydrogens (primary N) is 1. The number of pyridine rings is 1. The largest absolute Gasteiger partial charge is 0.490 e. The van der Waals surface area contributed by atoms with E-state index < -0.39 is 0 Å². The van der Waals surface area contributed by atoms with Crippen molar-refractivity contribution >= 4 is 5.82 Å². The number of hydrogen-bond donors (Lipinski definition) is 2. The van der Waals surface area contributed by atoms with Gasteiger partial charge in [-0.3, -0.25) is 0 Å². The average molecular weight is 277 g/mol. The highest BCUT2D eigenvalue weighted by atomic mass is 16.5. The maximum atomic E-state index is 6.26. The molecule has 0 amide bonds. The van der Waals surface area contributed by atoms with Gasteiger partial charge in [0.05, 0.1) is 18.8 Å². The van der Waals surface area contributed by atoms with E-state index >= 15 is 0 Å². The Morgan fingerprint density at radius 2 is 2.45 bits per heavy atom. The zero-order valence-electron chi connectivity index (χ0n) is 11.9. The van der Waals surface area contributed by atoms with E-state index in [9.17, 15) is 0 Å². The number of hydrogen-bond acceptors (Lipinski definition) is 5. The van der Waals surface area contributed by atoms with E-state index in [2.05, 4.69) is 17.2 Å². The first kappa shape index (κ1) is 13.6. The summed E-state index contributed by atoms with van der Waals surface area (Å²) in [6.07, 6.45) is 5.26. The Morgan fingerprint density at radius 1 is 1.55 bits per heavy atom. The maximum absolute atomic E-state index is 6.26. The molecule has 4 unspecified atom stereocenters. The fraction of sp³-hybridized carbons (Fsp3) is 0.667. The minimum Gasteiger partial charge on any atom is -0.490 e. The molecule has 2 heterocycles. The van der Waals surface area contributed by atoms with E-state index in [1.807, 2.05) is 12.1 Å². The highest BCUT2D eigenvalue weighted by Gasteiger charge is 2.50. The number of nitrogens with zero attached hydrogens (tertiary/aromatic N) is 1. The lowest BCUT2D eigenvalue weighted by atomic mass is 9.68. The van der Waals surface area contributed by atoms with Crippen LogP contribution in [0.5, 0.6) is 5.75 Å². The van der Waals surface area contributed by atoms with Crippen LogP contribution in [0.1, 0.15) is 26.2 Å². The molecule has 5 heteroatoms. The molecule has 1 aromatic heterocycles. The van der Waals surface area contributed by atoms with Crippen LogP contribution in [0.2, 0.25) is 0 Å². The molecule has 3 rings (SSSR count). The van der Waals surface area contributed by atoms with Crippen molar-refractivity contribution in [2.24, 2.45) is 11.7 Å². The second-order valence-electron chi connectivity index (χ2n) is 5.59. The Hall–Kier alpha value is -1.33. The van der Waals surface area contributed by atoms with Crippen LogP contribution < -0.4 is 15.8 Å². The third-order valence-electron chi connectivity index (χ3n) is 4.21. The van der Waals surface area contributed by atoms with Crippen LogP contribution in [-0.4, -0.2) is 36.4 Å². The van der Waals surface area contributed by atoms with Gasteiger partial charge in [0.1, 0.15) is 0 Å². The normalized spacial score (nSPS) is 32.1. The van der Waals surface area contributed by atoms with Crippen molar-refractivity contribution in [3.63, 3.8) is 0 Å². The highest BCUT2D eigenvalue weighted by molar-refractivity contribution is 5.51. The number of aromatic nitrogens is 1. The lowest BCUT2D eigenvalue weighted by molar-refractivity contribution is -0.104. The average Bonchev–Trinajstić information content (AvgIpc) is 2.51. The molecule has 0 radical (unpaired) electrons. The smallest absolute Gasteiger partial charge is 0.169 e. The molecule has 5 nitrogen and oxygen atoms in total. The maximum Gasteiger partial charge on any atom is 0.169 e. The molecule has 1 aliphatic heterocycles. The molecular weight excluding hydrogens is 254 g/mol. The van der Waals surface area contributed by atoms with Crippen LogP contribution in [-0.2, 0) is 4.74 Å². The van der Waals surface area contributed by atoms with E-state index in [-0.39, 0.29) is 18.2 Å². The molecule has 1 aromatic rings. The third-order valence-corrected chi connectivity index (χ3v) is 4.21. The van der Waals surface area contributed by atoms with Crippen molar-refractivity contribution < 1.29 is 9.47 Å². The number of anilines is 1. The van der Waals surface area contributed by atoms with E-state index in [0.29, 0.717) is 12.5 Å². The van der Waals surface area contributed by atoms with Gasteiger partial charge in [-0.05, 0) is 31.4 Å². The lowest BCUT2D eigenvalue weighted by Gasteiger charge is -2.52. The van der Waals surface area contributed by atoms with Gasteiger partial charge in [-0.2, -0.15) is 0 Å². The Bertz CT molecular complexity index is 454. The van der Waals surface area contributed by atoms with Gasteiger partial charge in [0.2, 0.25) is 0 Å². The van der Waals surface area contributed by atoms with Gasteiger partial charge < -0.3 is 20.5 Å². The van der Waals surface area contributed by atoms with Gasteiger partial charge in [-0.15, -0.1) is 0 Å². The van der Waals surface area contributed by atoms with Crippen molar-refractivity contribution in [3.05, 3.63) is 18.3 Å². The molecule has 3 N–H and O–H groups in total. The second kappa shape index (κ2) is 5.97. The van der Waals surface area contributed by atoms with E-state index in [1.165, 1.54) is 6.42 Å². The summed E-state index contributed by atoms with van der Waals surface area (Å²) in [5.74, 6) is 2.06. The van der Waals surface area contributed by atoms with Crippen LogP contribution in [0.25, 0.3) is 0 Å². The van der Waals surface area contributed by atoms with Crippen molar-refractivity contribution in [1.82, 2.24) is 4.98 Å². The minimum absolute atomic E-state index is 0.138. The summed E-state index contributed by atoms with van der Waals surface area (Å²) in [5, 5.41) is 3.42. The van der Waals surface area contributed by atoms with Crippen LogP contribution in [0.4, 0.5) is 5.82 Å². The lowest BCUT2D eigenvalue weighted by Crippen LogP contribution is -2.69. The summed E-state index contributed by atoms with van der Waals surface area (Å²) in [6.45, 7) is 3.62. The molecule has 1 saturated heterocycles. The van der Waals surface area contributed by atoms with Crippen molar-refractivity contribution in [1.29, 1.82) is 0 Å². The predicted molar refractivity (Wildman–Crippen MR) is 77.9 cm³/mol. The molecule has 1 aliphatic carbocycles. The number of ether oxygens (including phenoxy) is 2. The molecule has 2 aliphatic rings. The monoisotopic (exact) mass is 277 g/mol. The first-order valence-corrected chi connectivity index (χ1v) is 7.53. The summed E-state index contributed by atoms with van der Waals surface area (Å²) < 4.78 is 11.6. The summed E-state index contributed by atoms with van der Waals surface area (Å²) in [6, 6.07) is 4.10. The zero-order chi connectivity index (χ0) is 13.9. The molecule has 4 atom stereocenters. The fourth-order valence-electron chi connectivity index (χ4n) is 3.11. The zero-order valence-corrected chi connectivity index (χ0v) is 11.9. The molecule has 1 saturated carbocycles. The van der Waals surface area contributed by atoms with Gasteiger partial charge in [-0.25, -0.2) is 4.98 Å². The summed E-state index contributed by atoms with van der Waals surface area (Å²) in [4.78, 5) is 4.38. The van der Waals surface area contributed by atoms with Crippen LogP contribution in [0.3, 0.4) is 0 Å². The van der Waals surface area contributed by atoms with Crippen molar-refractivity contribution in [2.75, 3.05) is 18.5 Å². The standard InChI is InChI=1S/C15H23N3O2/c1-2-8-19-11-6-3-7-17-15(11)18-13-12(16)10-5-4-9-20-14(10)13/h3,6-7,10,12-14H,2,4-5,8-9,16H2,1H3,(H,17,18). The predicted octanol–water partition coefficient (Wildman–Crippen LogP) is 1.79. The van der Waals surface area contributed by atoms with Crippen LogP contribution in [0, 0.1) is 5.92 Å². The summed E-state index contributed by atoms with van der Waals surface area (Å²) >= 11 is 0. The molecule has 20 heavy (non-hydrogen) atoms. The van der Waals surface area contributed by atoms with Gasteiger partial charge in [0.25, 0.3) is 0 Å². The van der Waals surface area contributed by atoms with Crippen LogP contribution in [0.15, 0.2) is 18.3 Å². The van der Waals surface area contributed by atoms with Crippen molar-refractivity contribution in [3.8, 4) is 5.75 Å². The number of nitrogens with one attached hydrogen (secondary N) is 1. The SMILES string of the molecule is CCCOc1cccnc1NC1C(N)C2CCCOC21.